The van der Waals surface area contributed by atoms with Crippen LogP contribution in [0, 0.1) is 0 Å². The van der Waals surface area contributed by atoms with Gasteiger partial charge in [0.15, 0.2) is 0 Å². The molecule has 1 heterocycles. The fraction of sp³-hybridized carbons (Fsp3) is 0.385. The Bertz CT molecular complexity index is 547. The molecule has 0 spiro atoms. The molecule has 0 radical (unpaired) electrons. The van der Waals surface area contributed by atoms with E-state index in [0.29, 0.717) is 11.3 Å². The van der Waals surface area contributed by atoms with E-state index in [9.17, 15) is 17.4 Å². The molecule has 0 aliphatic carbocycles. The number of rotatable bonds is 2. The molecule has 6 heteroatoms. The third-order valence-corrected chi connectivity index (χ3v) is 3.95. The van der Waals surface area contributed by atoms with Gasteiger partial charge in [-0.1, -0.05) is 6.08 Å². The quantitative estimate of drug-likeness (QED) is 0.832. The molecule has 1 aromatic carbocycles. The molecular weight excluding hydrogens is 277 g/mol. The summed E-state index contributed by atoms with van der Waals surface area (Å²) in [5.41, 5.74) is 0.201. The number of fused-ring (bicyclic) bond motifs is 1. The highest BCUT2D eigenvalue weighted by molar-refractivity contribution is 7.85. The minimum Gasteiger partial charge on any atom is -0.483 e. The van der Waals surface area contributed by atoms with Crippen molar-refractivity contribution in [2.45, 2.75) is 30.5 Å². The number of benzene rings is 1. The van der Waals surface area contributed by atoms with Gasteiger partial charge in [0.1, 0.15) is 17.1 Å². The first kappa shape index (κ1) is 14.1. The van der Waals surface area contributed by atoms with Gasteiger partial charge < -0.3 is 4.74 Å². The van der Waals surface area contributed by atoms with Gasteiger partial charge in [-0.3, -0.25) is 4.21 Å². The van der Waals surface area contributed by atoms with Crippen LogP contribution in [0.4, 0.5) is 13.2 Å². The third-order valence-electron chi connectivity index (χ3n) is 2.58. The van der Waals surface area contributed by atoms with E-state index < -0.39 is 28.3 Å². The van der Waals surface area contributed by atoms with Crippen molar-refractivity contribution < 1.29 is 22.1 Å². The van der Waals surface area contributed by atoms with Crippen LogP contribution in [-0.4, -0.2) is 21.7 Å². The van der Waals surface area contributed by atoms with Gasteiger partial charge in [-0.2, -0.15) is 13.2 Å². The zero-order chi connectivity index (χ0) is 14.3. The molecule has 19 heavy (non-hydrogen) atoms. The van der Waals surface area contributed by atoms with Gasteiger partial charge in [-0.15, -0.1) is 0 Å². The maximum Gasteiger partial charge on any atom is 0.400 e. The first-order chi connectivity index (χ1) is 8.66. The predicted molar refractivity (Wildman–Crippen MR) is 67.5 cm³/mol. The normalized spacial score (nSPS) is 18.6. The van der Waals surface area contributed by atoms with Crippen LogP contribution in [0.2, 0.25) is 0 Å². The van der Waals surface area contributed by atoms with E-state index in [2.05, 4.69) is 0 Å². The number of hydrogen-bond acceptors (Lipinski definition) is 2. The van der Waals surface area contributed by atoms with E-state index in [1.165, 1.54) is 12.1 Å². The van der Waals surface area contributed by atoms with Crippen LogP contribution in [0.3, 0.4) is 0 Å². The van der Waals surface area contributed by atoms with Crippen molar-refractivity contribution in [2.24, 2.45) is 0 Å². The number of alkyl halides is 3. The highest BCUT2D eigenvalue weighted by atomic mass is 32.2. The van der Waals surface area contributed by atoms with Crippen molar-refractivity contribution in [3.05, 3.63) is 29.8 Å². The topological polar surface area (TPSA) is 26.3 Å². The van der Waals surface area contributed by atoms with Gasteiger partial charge in [0.2, 0.25) is 0 Å². The third kappa shape index (κ3) is 3.59. The van der Waals surface area contributed by atoms with Crippen molar-refractivity contribution in [1.29, 1.82) is 0 Å². The number of halogens is 3. The lowest BCUT2D eigenvalue weighted by Crippen LogP contribution is -2.27. The summed E-state index contributed by atoms with van der Waals surface area (Å²) >= 11 is 0. The smallest absolute Gasteiger partial charge is 0.400 e. The minimum absolute atomic E-state index is 0.157. The lowest BCUT2D eigenvalue weighted by molar-refractivity contribution is -0.105. The molecule has 2 rings (SSSR count). The molecule has 0 amide bonds. The molecule has 0 saturated heterocycles. The summed E-state index contributed by atoms with van der Waals surface area (Å²) in [6, 6.07) is 4.45. The Morgan fingerprint density at radius 1 is 1.32 bits per heavy atom. The highest BCUT2D eigenvalue weighted by Gasteiger charge is 2.31. The van der Waals surface area contributed by atoms with Crippen molar-refractivity contribution in [3.63, 3.8) is 0 Å². The molecule has 0 aromatic heterocycles. The fourth-order valence-corrected chi connectivity index (χ4v) is 2.67. The van der Waals surface area contributed by atoms with E-state index in [-0.39, 0.29) is 4.90 Å². The molecule has 1 aliphatic heterocycles. The van der Waals surface area contributed by atoms with Crippen LogP contribution in [0.1, 0.15) is 19.4 Å². The van der Waals surface area contributed by atoms with E-state index in [1.807, 2.05) is 19.9 Å². The van der Waals surface area contributed by atoms with Gasteiger partial charge in [0.25, 0.3) is 0 Å². The van der Waals surface area contributed by atoms with Crippen molar-refractivity contribution in [2.75, 3.05) is 5.75 Å². The summed E-state index contributed by atoms with van der Waals surface area (Å²) in [6.45, 7) is 3.75. The summed E-state index contributed by atoms with van der Waals surface area (Å²) in [4.78, 5) is 0.157. The minimum atomic E-state index is -4.44. The Balaban J connectivity index is 2.26. The lowest BCUT2D eigenvalue weighted by atomic mass is 10.0. The molecule has 0 bridgehead atoms. The van der Waals surface area contributed by atoms with Crippen LogP contribution < -0.4 is 4.74 Å². The molecule has 0 fully saturated rings. The zero-order valence-electron chi connectivity index (χ0n) is 10.5. The van der Waals surface area contributed by atoms with Crippen LogP contribution in [0.5, 0.6) is 5.75 Å². The van der Waals surface area contributed by atoms with Gasteiger partial charge in [0.05, 0.1) is 10.8 Å². The van der Waals surface area contributed by atoms with E-state index in [0.717, 1.165) is 0 Å². The maximum absolute atomic E-state index is 12.2. The summed E-state index contributed by atoms with van der Waals surface area (Å²) in [7, 11) is -2.08. The molecule has 2 nitrogen and oxygen atoms in total. The average molecular weight is 290 g/mol. The molecule has 1 aromatic rings. The van der Waals surface area contributed by atoms with E-state index in [4.69, 9.17) is 4.74 Å². The predicted octanol–water partition coefficient (Wildman–Crippen LogP) is 3.54. The fourth-order valence-electron chi connectivity index (χ4n) is 1.73. The van der Waals surface area contributed by atoms with Crippen molar-refractivity contribution in [3.8, 4) is 5.75 Å². The van der Waals surface area contributed by atoms with E-state index >= 15 is 0 Å². The van der Waals surface area contributed by atoms with Gasteiger partial charge in [-0.05, 0) is 38.1 Å². The Hall–Kier alpha value is -1.30. The zero-order valence-corrected chi connectivity index (χ0v) is 11.3. The standard InChI is InChI=1S/C13H13F3O2S/c1-12(2)6-5-9-7-10(3-4-11(9)18-12)19(17)8-13(14,15)16/h3-7H,8H2,1-2H3. The maximum atomic E-state index is 12.2. The van der Waals surface area contributed by atoms with Gasteiger partial charge >= 0.3 is 6.18 Å². The van der Waals surface area contributed by atoms with Gasteiger partial charge in [0, 0.05) is 10.5 Å². The van der Waals surface area contributed by atoms with Crippen LogP contribution in [0.25, 0.3) is 6.08 Å². The van der Waals surface area contributed by atoms with E-state index in [1.54, 1.807) is 12.1 Å². The molecule has 0 saturated carbocycles. The number of ether oxygens (including phenoxy) is 1. The summed E-state index contributed by atoms with van der Waals surface area (Å²) in [6.07, 6.45) is -0.853. The summed E-state index contributed by atoms with van der Waals surface area (Å²) < 4.78 is 53.8. The molecule has 1 atom stereocenters. The second-order valence-electron chi connectivity index (χ2n) is 4.84. The van der Waals surface area contributed by atoms with Gasteiger partial charge in [-0.25, -0.2) is 0 Å². The molecular formula is C13H13F3O2S. The second-order valence-corrected chi connectivity index (χ2v) is 6.29. The largest absolute Gasteiger partial charge is 0.483 e. The first-order valence-corrected chi connectivity index (χ1v) is 6.96. The van der Waals surface area contributed by atoms with Crippen LogP contribution >= 0.6 is 0 Å². The average Bonchev–Trinajstić information content (AvgIpc) is 2.24. The Labute approximate surface area is 111 Å². The Kier molecular flexibility index (Phi) is 3.47. The highest BCUT2D eigenvalue weighted by Crippen LogP contribution is 2.32. The second kappa shape index (κ2) is 4.67. The lowest BCUT2D eigenvalue weighted by Gasteiger charge is -2.27. The summed E-state index contributed by atoms with van der Waals surface area (Å²) in [5.74, 6) is -0.748. The monoisotopic (exact) mass is 290 g/mol. The SMILES string of the molecule is CC1(C)C=Cc2cc(S(=O)CC(F)(F)F)ccc2O1. The van der Waals surface area contributed by atoms with Crippen LogP contribution in [0.15, 0.2) is 29.2 Å². The molecule has 104 valence electrons. The Morgan fingerprint density at radius 3 is 2.63 bits per heavy atom. The Morgan fingerprint density at radius 2 is 2.00 bits per heavy atom. The summed E-state index contributed by atoms with van der Waals surface area (Å²) in [5, 5.41) is 0. The molecule has 1 unspecified atom stereocenters. The van der Waals surface area contributed by atoms with Crippen molar-refractivity contribution in [1.82, 2.24) is 0 Å². The van der Waals surface area contributed by atoms with Crippen LogP contribution in [-0.2, 0) is 10.8 Å². The molecule has 1 aliphatic rings. The number of hydrogen-bond donors (Lipinski definition) is 0. The first-order valence-electron chi connectivity index (χ1n) is 5.64. The molecule has 0 N–H and O–H groups in total. The van der Waals surface area contributed by atoms with Crippen molar-refractivity contribution >= 4 is 16.9 Å².